The molecule has 15 nitrogen and oxygen atoms in total. The van der Waals surface area contributed by atoms with Crippen LogP contribution < -0.4 is 80.4 Å². The van der Waals surface area contributed by atoms with Gasteiger partial charge in [-0.15, -0.1) is 16.9 Å². The molecule has 0 saturated carbocycles. The number of nitrogens with zero attached hydrogens (tertiary/aromatic N) is 5. The molecule has 2 atom stereocenters. The molecule has 0 radical (unpaired) electrons. The zero-order chi connectivity index (χ0) is 26.4. The number of aromatic nitrogens is 4. The first kappa shape index (κ1) is 33.5. The standard InChI is InChI=1S/C17H17N7O8S4.2Na/c1-23-16(20-21-22-23)34-4-5-3-33-15-17(32-2,14(31)24(15)7(5)11(29)30)19-9(26)13-35-12(36-13)6(8(18)25)10(27)28;;/h13,15H,3-4H2,1-2H3,(H2,18,25)(H,19,26)(H,27,28)(H,29,30);;/q;2*+1/p-2/t13?,15-,17?;;/m1../s1. The van der Waals surface area contributed by atoms with Gasteiger partial charge >= 0.3 is 59.1 Å². The molecule has 0 aliphatic carbocycles. The van der Waals surface area contributed by atoms with E-state index < -0.39 is 50.9 Å². The predicted molar refractivity (Wildman–Crippen MR) is 123 cm³/mol. The Labute approximate surface area is 275 Å². The fourth-order valence-corrected chi connectivity index (χ4v) is 8.13. The number of hydrogen-bond acceptors (Lipinski definition) is 15. The largest absolute Gasteiger partial charge is 1.00 e. The van der Waals surface area contributed by atoms with Crippen molar-refractivity contribution in [2.45, 2.75) is 20.8 Å². The Morgan fingerprint density at radius 2 is 1.92 bits per heavy atom. The van der Waals surface area contributed by atoms with Gasteiger partial charge in [-0.1, -0.05) is 35.3 Å². The quantitative estimate of drug-likeness (QED) is 0.0498. The number of rotatable bonds is 9. The van der Waals surface area contributed by atoms with Crippen LogP contribution in [-0.2, 0) is 35.8 Å². The topological polar surface area (TPSA) is 226 Å². The van der Waals surface area contributed by atoms with Crippen molar-refractivity contribution in [2.75, 3.05) is 18.6 Å². The second-order valence-corrected chi connectivity index (χ2v) is 12.1. The second-order valence-electron chi connectivity index (χ2n) is 7.26. The predicted octanol–water partition coefficient (Wildman–Crippen LogP) is -10.1. The number of aliphatic carboxylic acids is 2. The molecule has 2 saturated heterocycles. The number of β-lactam (4-membered cyclic amide) rings is 1. The maximum atomic E-state index is 13.1. The number of primary amides is 1. The molecule has 3 aliphatic rings. The van der Waals surface area contributed by atoms with Crippen LogP contribution in [0.2, 0.25) is 0 Å². The third-order valence-corrected chi connectivity index (χ3v) is 10.5. The van der Waals surface area contributed by atoms with E-state index in [1.54, 1.807) is 7.05 Å². The van der Waals surface area contributed by atoms with E-state index in [1.807, 2.05) is 0 Å². The van der Waals surface area contributed by atoms with Crippen LogP contribution in [-0.4, -0.2) is 89.1 Å². The Balaban J connectivity index is 0.00000253. The molecule has 3 N–H and O–H groups in total. The minimum Gasteiger partial charge on any atom is -0.545 e. The summed E-state index contributed by atoms with van der Waals surface area (Å²) in [4.78, 5) is 61.3. The van der Waals surface area contributed by atoms with Crippen LogP contribution in [0.5, 0.6) is 0 Å². The van der Waals surface area contributed by atoms with Gasteiger partial charge < -0.3 is 35.6 Å². The van der Waals surface area contributed by atoms with E-state index in [-0.39, 0.29) is 80.6 Å². The van der Waals surface area contributed by atoms with Gasteiger partial charge in [0.05, 0.1) is 27.4 Å². The van der Waals surface area contributed by atoms with E-state index in [1.165, 1.54) is 35.3 Å². The molecule has 4 rings (SSSR count). The molecule has 2 fully saturated rings. The van der Waals surface area contributed by atoms with Crippen LogP contribution in [0.4, 0.5) is 0 Å². The zero-order valence-corrected chi connectivity index (χ0v) is 27.5. The van der Waals surface area contributed by atoms with Crippen molar-refractivity contribution < 1.29 is 98.0 Å². The zero-order valence-electron chi connectivity index (χ0n) is 20.3. The fourth-order valence-electron chi connectivity index (χ4n) is 3.49. The van der Waals surface area contributed by atoms with Gasteiger partial charge in [0.2, 0.25) is 11.1 Å². The third kappa shape index (κ3) is 5.97. The first-order chi connectivity index (χ1) is 17.0. The van der Waals surface area contributed by atoms with Gasteiger partial charge in [0, 0.05) is 25.7 Å². The number of ether oxygens (including phenoxy) is 1. The molecule has 21 heteroatoms. The molecule has 1 unspecified atom stereocenters. The number of nitrogens with two attached hydrogens (primary N) is 1. The van der Waals surface area contributed by atoms with Gasteiger partial charge in [0.15, 0.2) is 0 Å². The number of nitrogens with one attached hydrogen (secondary N) is 1. The van der Waals surface area contributed by atoms with Crippen molar-refractivity contribution in [2.24, 2.45) is 12.8 Å². The number of amides is 3. The molecule has 4 heterocycles. The van der Waals surface area contributed by atoms with Gasteiger partial charge in [-0.2, -0.15) is 0 Å². The number of thioether (sulfide) groups is 4. The number of methoxy groups -OCH3 is 1. The number of carboxylic acid groups (broad SMARTS) is 2. The molecule has 0 spiro atoms. The SMILES string of the molecule is COC1(NC(=O)C2SC(=C(C(N)=O)C(=O)[O-])S2)C(=O)N2C(C(=O)[O-])=C(CSc3nnnn3C)CS[C@@H]21.[Na+].[Na+]. The van der Waals surface area contributed by atoms with Gasteiger partial charge in [-0.05, 0) is 16.0 Å². The van der Waals surface area contributed by atoms with Crippen molar-refractivity contribution in [3.63, 3.8) is 0 Å². The Hall–Kier alpha value is -0.740. The summed E-state index contributed by atoms with van der Waals surface area (Å²) in [5.41, 5.74) is 2.54. The van der Waals surface area contributed by atoms with Crippen LogP contribution in [0.1, 0.15) is 0 Å². The van der Waals surface area contributed by atoms with Gasteiger partial charge in [-0.3, -0.25) is 19.3 Å². The summed E-state index contributed by atoms with van der Waals surface area (Å²) < 4.78 is 5.89. The first-order valence-electron chi connectivity index (χ1n) is 9.71. The minimum atomic E-state index is -1.85. The number of aryl methyl sites for hydroxylation is 1. The van der Waals surface area contributed by atoms with Crippen molar-refractivity contribution >= 4 is 76.7 Å². The van der Waals surface area contributed by atoms with E-state index in [2.05, 4.69) is 20.8 Å². The molecule has 3 amide bonds. The van der Waals surface area contributed by atoms with Gasteiger partial charge in [-0.25, -0.2) is 4.68 Å². The van der Waals surface area contributed by atoms with Crippen LogP contribution in [0.3, 0.4) is 0 Å². The molecule has 0 bridgehead atoms. The summed E-state index contributed by atoms with van der Waals surface area (Å²) in [5, 5.41) is 36.1. The molecule has 1 aromatic rings. The molecule has 192 valence electrons. The maximum Gasteiger partial charge on any atom is 1.00 e. The second kappa shape index (κ2) is 13.3. The normalized spacial score (nSPS) is 23.7. The Kier molecular flexibility index (Phi) is 11.7. The molecule has 38 heavy (non-hydrogen) atoms. The average Bonchev–Trinajstić information content (AvgIpc) is 3.20. The van der Waals surface area contributed by atoms with Crippen LogP contribution >= 0.6 is 47.0 Å². The van der Waals surface area contributed by atoms with Crippen molar-refractivity contribution in [1.82, 2.24) is 30.4 Å². The van der Waals surface area contributed by atoms with E-state index in [9.17, 15) is 34.2 Å². The number of tetrazole rings is 1. The summed E-state index contributed by atoms with van der Waals surface area (Å²) in [5.74, 6) is -5.65. The number of hydrogen-bond donors (Lipinski definition) is 2. The number of carbonyl (C=O) groups is 5. The van der Waals surface area contributed by atoms with Crippen molar-refractivity contribution in [3.8, 4) is 0 Å². The Bertz CT molecular complexity index is 1240. The number of carboxylic acids is 2. The van der Waals surface area contributed by atoms with Crippen molar-refractivity contribution in [3.05, 3.63) is 21.1 Å². The summed E-state index contributed by atoms with van der Waals surface area (Å²) in [6.45, 7) is 0. The molecular formula is C17H15N7Na2O8S4. The first-order valence-corrected chi connectivity index (χ1v) is 13.5. The van der Waals surface area contributed by atoms with E-state index in [0.29, 0.717) is 10.7 Å². The Morgan fingerprint density at radius 1 is 1.26 bits per heavy atom. The van der Waals surface area contributed by atoms with Gasteiger partial charge in [0.1, 0.15) is 9.96 Å². The summed E-state index contributed by atoms with van der Waals surface area (Å²) in [6.07, 6.45) is 0. The fraction of sp³-hybridized carbons (Fsp3) is 0.412. The Morgan fingerprint density at radius 3 is 2.42 bits per heavy atom. The van der Waals surface area contributed by atoms with Crippen LogP contribution in [0.15, 0.2) is 26.2 Å². The monoisotopic (exact) mass is 619 g/mol. The van der Waals surface area contributed by atoms with E-state index in [4.69, 9.17) is 10.5 Å². The summed E-state index contributed by atoms with van der Waals surface area (Å²) in [7, 11) is 2.82. The number of fused-ring (bicyclic) bond motifs is 1. The average molecular weight is 620 g/mol. The van der Waals surface area contributed by atoms with Crippen LogP contribution in [0, 0.1) is 0 Å². The smallest absolute Gasteiger partial charge is 0.545 e. The molecule has 0 aromatic carbocycles. The molecular weight excluding hydrogens is 604 g/mol. The summed E-state index contributed by atoms with van der Waals surface area (Å²) >= 11 is 3.89. The van der Waals surface area contributed by atoms with E-state index in [0.717, 1.165) is 28.4 Å². The third-order valence-electron chi connectivity index (χ3n) is 5.19. The number of carbonyl (C=O) groups excluding carboxylic acids is 5. The van der Waals surface area contributed by atoms with Crippen LogP contribution in [0.25, 0.3) is 0 Å². The maximum absolute atomic E-state index is 13.1. The molecule has 3 aliphatic heterocycles. The van der Waals surface area contributed by atoms with E-state index >= 15 is 0 Å². The molecule has 1 aromatic heterocycles. The van der Waals surface area contributed by atoms with Crippen molar-refractivity contribution in [1.29, 1.82) is 0 Å². The minimum absolute atomic E-state index is 0. The summed E-state index contributed by atoms with van der Waals surface area (Å²) in [6, 6.07) is 0. The van der Waals surface area contributed by atoms with Gasteiger partial charge in [0.25, 0.3) is 17.5 Å².